The lowest BCUT2D eigenvalue weighted by molar-refractivity contribution is -0.145. The number of carbonyl (C=O) groups excluding carboxylic acids is 6. The van der Waals surface area contributed by atoms with Gasteiger partial charge in [0.25, 0.3) is 11.8 Å². The Bertz CT molecular complexity index is 1650. The Morgan fingerprint density at radius 1 is 0.514 bits per heavy atom. The third kappa shape index (κ3) is 29.1. The molecular formula is C53H87N3O16. The minimum atomic E-state index is -1.08. The van der Waals surface area contributed by atoms with Crippen molar-refractivity contribution in [1.29, 1.82) is 0 Å². The van der Waals surface area contributed by atoms with E-state index >= 15 is 0 Å². The Balaban J connectivity index is 0.951. The van der Waals surface area contributed by atoms with Crippen LogP contribution in [0.2, 0.25) is 0 Å². The van der Waals surface area contributed by atoms with Gasteiger partial charge >= 0.3 is 5.97 Å². The summed E-state index contributed by atoms with van der Waals surface area (Å²) in [5.41, 5.74) is 0.377. The third-order valence-electron chi connectivity index (χ3n) is 11.9. The van der Waals surface area contributed by atoms with Gasteiger partial charge in [0.1, 0.15) is 12.6 Å². The zero-order valence-corrected chi connectivity index (χ0v) is 43.4. The van der Waals surface area contributed by atoms with Gasteiger partial charge < -0.3 is 52.7 Å². The summed E-state index contributed by atoms with van der Waals surface area (Å²) in [6.45, 7) is 10.7. The average Bonchev–Trinajstić information content (AvgIpc) is 3.62. The van der Waals surface area contributed by atoms with Crippen LogP contribution in [0, 0.1) is 0 Å². The Morgan fingerprint density at radius 2 is 0.931 bits per heavy atom. The maximum Gasteiger partial charge on any atom is 0.305 e. The first-order chi connectivity index (χ1) is 35.3. The predicted octanol–water partition coefficient (Wildman–Crippen LogP) is 6.76. The number of imide groups is 2. The number of ether oxygens (including phenoxy) is 10. The van der Waals surface area contributed by atoms with Crippen molar-refractivity contribution in [2.24, 2.45) is 0 Å². The molecule has 0 bridgehead atoms. The molecule has 1 fully saturated rings. The van der Waals surface area contributed by atoms with Crippen LogP contribution in [0.5, 0.6) is 0 Å². The number of benzene rings is 1. The highest BCUT2D eigenvalue weighted by Crippen LogP contribution is 2.32. The van der Waals surface area contributed by atoms with E-state index in [2.05, 4.69) is 17.6 Å². The lowest BCUT2D eigenvalue weighted by Gasteiger charge is -2.27. The largest absolute Gasteiger partial charge is 0.463 e. The number of fused-ring (bicyclic) bond motifs is 1. The zero-order valence-electron chi connectivity index (χ0n) is 43.4. The van der Waals surface area contributed by atoms with Gasteiger partial charge in [-0.05, 0) is 37.8 Å². The maximum absolute atomic E-state index is 13.2. The minimum absolute atomic E-state index is 0.0260. The minimum Gasteiger partial charge on any atom is -0.463 e. The summed E-state index contributed by atoms with van der Waals surface area (Å²) in [4.78, 5) is 75.6. The summed E-state index contributed by atoms with van der Waals surface area (Å²) in [5, 5.41) is 4.91. The van der Waals surface area contributed by atoms with E-state index < -0.39 is 29.7 Å². The topological polar surface area (TPSA) is 222 Å². The van der Waals surface area contributed by atoms with Crippen LogP contribution < -0.4 is 10.6 Å². The van der Waals surface area contributed by atoms with Crippen molar-refractivity contribution in [3.63, 3.8) is 0 Å². The quantitative estimate of drug-likeness (QED) is 0.0391. The summed E-state index contributed by atoms with van der Waals surface area (Å²) < 4.78 is 55.0. The summed E-state index contributed by atoms with van der Waals surface area (Å²) >= 11 is 0. The van der Waals surface area contributed by atoms with Gasteiger partial charge in [-0.15, -0.1) is 0 Å². The SMILES string of the molecule is CCCCCCCCCCCCCCCC(=O)OCCOCCOCCOCCOCCOCCOCCOCCOCCOCCCCCC(=O)Nc1cccc2c1C(=O)N(C1CCC(=O)NC1=O)C2=O. The molecule has 0 aliphatic carbocycles. The van der Waals surface area contributed by atoms with Gasteiger partial charge in [0.05, 0.1) is 129 Å². The monoisotopic (exact) mass is 1020 g/mol. The van der Waals surface area contributed by atoms with Crippen molar-refractivity contribution >= 4 is 41.2 Å². The molecule has 0 saturated carbocycles. The first-order valence-corrected chi connectivity index (χ1v) is 26.8. The van der Waals surface area contributed by atoms with E-state index in [1.165, 1.54) is 76.7 Å². The molecule has 3 rings (SSSR count). The standard InChI is InChI=1S/C53H87N3O16/c1-2-3-4-5-6-7-8-9-10-11-12-13-16-22-49(59)72-43-42-71-41-40-70-39-38-69-37-36-68-35-34-67-33-32-66-31-30-65-29-28-64-27-26-63-25-17-14-15-21-47(57)54-45-20-18-19-44-50(45)53(62)56(52(44)61)46-23-24-48(58)55-51(46)60/h18-20,46H,2-17,21-43H2,1H3,(H,54,57)(H,55,58,60). The van der Waals surface area contributed by atoms with E-state index in [0.717, 1.165) is 30.6 Å². The molecule has 1 aromatic carbocycles. The molecule has 1 atom stereocenters. The molecule has 2 aliphatic heterocycles. The number of nitrogens with one attached hydrogen (secondary N) is 2. The molecule has 0 aromatic heterocycles. The van der Waals surface area contributed by atoms with Crippen LogP contribution >= 0.6 is 0 Å². The van der Waals surface area contributed by atoms with Crippen LogP contribution in [0.4, 0.5) is 5.69 Å². The molecule has 0 spiro atoms. The van der Waals surface area contributed by atoms with Crippen molar-refractivity contribution < 1.29 is 76.1 Å². The summed E-state index contributed by atoms with van der Waals surface area (Å²) in [6.07, 6.45) is 19.6. The second-order valence-electron chi connectivity index (χ2n) is 17.8. The molecule has 19 nitrogen and oxygen atoms in total. The molecular weight excluding hydrogens is 935 g/mol. The van der Waals surface area contributed by atoms with Crippen LogP contribution in [0.15, 0.2) is 18.2 Å². The number of hydrogen-bond donors (Lipinski definition) is 2. The molecule has 410 valence electrons. The van der Waals surface area contributed by atoms with Crippen LogP contribution in [0.1, 0.15) is 156 Å². The number of anilines is 1. The van der Waals surface area contributed by atoms with Crippen molar-refractivity contribution in [1.82, 2.24) is 10.2 Å². The van der Waals surface area contributed by atoms with E-state index in [4.69, 9.17) is 47.4 Å². The fourth-order valence-corrected chi connectivity index (χ4v) is 7.93. The number of nitrogens with zero attached hydrogens (tertiary/aromatic N) is 1. The van der Waals surface area contributed by atoms with Crippen LogP contribution in [-0.4, -0.2) is 172 Å². The first-order valence-electron chi connectivity index (χ1n) is 26.8. The average molecular weight is 1020 g/mol. The maximum atomic E-state index is 13.2. The number of carbonyl (C=O) groups is 6. The Morgan fingerprint density at radius 3 is 1.40 bits per heavy atom. The van der Waals surface area contributed by atoms with Gasteiger partial charge in [-0.25, -0.2) is 0 Å². The first kappa shape index (κ1) is 62.4. The molecule has 1 unspecified atom stereocenters. The van der Waals surface area contributed by atoms with Crippen molar-refractivity contribution in [2.45, 2.75) is 141 Å². The van der Waals surface area contributed by atoms with Crippen LogP contribution in [0.25, 0.3) is 0 Å². The van der Waals surface area contributed by atoms with E-state index in [9.17, 15) is 28.8 Å². The number of piperidine rings is 1. The molecule has 0 radical (unpaired) electrons. The van der Waals surface area contributed by atoms with E-state index in [1.807, 2.05) is 0 Å². The predicted molar refractivity (Wildman–Crippen MR) is 269 cm³/mol. The lowest BCUT2D eigenvalue weighted by atomic mass is 10.0. The fourth-order valence-electron chi connectivity index (χ4n) is 7.93. The number of amides is 5. The third-order valence-corrected chi connectivity index (χ3v) is 11.9. The molecule has 19 heteroatoms. The van der Waals surface area contributed by atoms with Gasteiger partial charge in [-0.3, -0.25) is 39.0 Å². The highest BCUT2D eigenvalue weighted by atomic mass is 16.6. The molecule has 2 aliphatic rings. The summed E-state index contributed by atoms with van der Waals surface area (Å²) in [5.74, 6) is -2.87. The van der Waals surface area contributed by atoms with Crippen LogP contribution in [0.3, 0.4) is 0 Å². The highest BCUT2D eigenvalue weighted by molar-refractivity contribution is 6.26. The zero-order chi connectivity index (χ0) is 51.5. The van der Waals surface area contributed by atoms with Crippen LogP contribution in [-0.2, 0) is 66.5 Å². The molecule has 5 amide bonds. The molecule has 2 heterocycles. The Labute approximate surface area is 428 Å². The summed E-state index contributed by atoms with van der Waals surface area (Å²) in [6, 6.07) is 3.53. The number of unbranched alkanes of at least 4 members (excludes halogenated alkanes) is 14. The second kappa shape index (κ2) is 42.4. The lowest BCUT2D eigenvalue weighted by Crippen LogP contribution is -2.54. The Kier molecular flexibility index (Phi) is 36.8. The van der Waals surface area contributed by atoms with Gasteiger partial charge in [0.15, 0.2) is 0 Å². The fraction of sp³-hybridized carbons (Fsp3) is 0.774. The summed E-state index contributed by atoms with van der Waals surface area (Å²) in [7, 11) is 0. The van der Waals surface area contributed by atoms with Crippen molar-refractivity contribution in [3.05, 3.63) is 29.3 Å². The van der Waals surface area contributed by atoms with E-state index in [1.54, 1.807) is 12.1 Å². The molecule has 1 aromatic rings. The second-order valence-corrected chi connectivity index (χ2v) is 17.8. The van der Waals surface area contributed by atoms with E-state index in [-0.39, 0.29) is 54.6 Å². The Hall–Kier alpha value is -3.92. The smallest absolute Gasteiger partial charge is 0.305 e. The number of rotatable bonds is 49. The molecule has 72 heavy (non-hydrogen) atoms. The number of esters is 1. The highest BCUT2D eigenvalue weighted by Gasteiger charge is 2.45. The van der Waals surface area contributed by atoms with Crippen molar-refractivity contribution in [2.75, 3.05) is 131 Å². The normalized spacial score (nSPS) is 14.6. The van der Waals surface area contributed by atoms with Gasteiger partial charge in [-0.1, -0.05) is 96.5 Å². The number of hydrogen-bond acceptors (Lipinski definition) is 16. The van der Waals surface area contributed by atoms with Crippen molar-refractivity contribution in [3.8, 4) is 0 Å². The molecule has 2 N–H and O–H groups in total. The van der Waals surface area contributed by atoms with E-state index in [0.29, 0.717) is 132 Å². The van der Waals surface area contributed by atoms with Gasteiger partial charge in [0, 0.05) is 25.9 Å². The van der Waals surface area contributed by atoms with Gasteiger partial charge in [0.2, 0.25) is 17.7 Å². The van der Waals surface area contributed by atoms with Gasteiger partial charge in [-0.2, -0.15) is 0 Å². The molecule has 1 saturated heterocycles.